The van der Waals surface area contributed by atoms with Gasteiger partial charge in [0.1, 0.15) is 11.4 Å². The van der Waals surface area contributed by atoms with Crippen molar-refractivity contribution < 1.29 is 14.2 Å². The van der Waals surface area contributed by atoms with Crippen LogP contribution in [0.3, 0.4) is 0 Å². The first-order valence-corrected chi connectivity index (χ1v) is 6.08. The molecular formula is C14H20O3. The quantitative estimate of drug-likeness (QED) is 0.806. The normalized spacial score (nSPS) is 16.9. The number of methoxy groups -OCH3 is 1. The van der Waals surface area contributed by atoms with Crippen molar-refractivity contribution in [3.63, 3.8) is 0 Å². The molecule has 0 fully saturated rings. The second kappa shape index (κ2) is 4.47. The van der Waals surface area contributed by atoms with Gasteiger partial charge in [0.2, 0.25) is 0 Å². The van der Waals surface area contributed by atoms with Crippen LogP contribution in [0.25, 0.3) is 0 Å². The van der Waals surface area contributed by atoms with Gasteiger partial charge in [-0.2, -0.15) is 0 Å². The van der Waals surface area contributed by atoms with Gasteiger partial charge >= 0.3 is 0 Å². The Morgan fingerprint density at radius 2 is 2.06 bits per heavy atom. The van der Waals surface area contributed by atoms with E-state index in [0.29, 0.717) is 6.61 Å². The van der Waals surface area contributed by atoms with Gasteiger partial charge < -0.3 is 14.2 Å². The number of aryl methyl sites for hydroxylation is 1. The van der Waals surface area contributed by atoms with E-state index in [1.807, 2.05) is 19.1 Å². The fraction of sp³-hybridized carbons (Fsp3) is 0.571. The molecule has 0 spiro atoms. The topological polar surface area (TPSA) is 27.7 Å². The van der Waals surface area contributed by atoms with Crippen LogP contribution >= 0.6 is 0 Å². The third-order valence-electron chi connectivity index (χ3n) is 3.03. The molecule has 0 bridgehead atoms. The highest BCUT2D eigenvalue weighted by Crippen LogP contribution is 2.40. The molecule has 1 heterocycles. The van der Waals surface area contributed by atoms with E-state index in [9.17, 15) is 0 Å². The lowest BCUT2D eigenvalue weighted by molar-refractivity contribution is 0.0840. The van der Waals surface area contributed by atoms with E-state index in [1.165, 1.54) is 5.56 Å². The van der Waals surface area contributed by atoms with E-state index in [-0.39, 0.29) is 5.60 Å². The van der Waals surface area contributed by atoms with Crippen LogP contribution in [0.2, 0.25) is 0 Å². The van der Waals surface area contributed by atoms with Crippen molar-refractivity contribution in [2.75, 3.05) is 13.7 Å². The largest absolute Gasteiger partial charge is 0.493 e. The molecule has 94 valence electrons. The third kappa shape index (κ3) is 2.48. The number of fused-ring (bicyclic) bond motifs is 1. The van der Waals surface area contributed by atoms with Crippen LogP contribution in [0.15, 0.2) is 12.1 Å². The van der Waals surface area contributed by atoms with Gasteiger partial charge in [0.15, 0.2) is 11.5 Å². The predicted molar refractivity (Wildman–Crippen MR) is 67.2 cm³/mol. The molecule has 3 heteroatoms. The molecule has 2 rings (SSSR count). The van der Waals surface area contributed by atoms with Gasteiger partial charge in [-0.15, -0.1) is 0 Å². The van der Waals surface area contributed by atoms with Crippen LogP contribution in [0.5, 0.6) is 17.2 Å². The fourth-order valence-electron chi connectivity index (χ4n) is 2.09. The molecule has 0 saturated carbocycles. The van der Waals surface area contributed by atoms with Gasteiger partial charge in [-0.1, -0.05) is 0 Å². The van der Waals surface area contributed by atoms with Crippen LogP contribution in [-0.2, 0) is 6.42 Å². The molecule has 0 N–H and O–H groups in total. The molecule has 1 aromatic carbocycles. The minimum absolute atomic E-state index is 0.0922. The predicted octanol–water partition coefficient (Wildman–Crippen LogP) is 3.20. The molecule has 1 aliphatic heterocycles. The van der Waals surface area contributed by atoms with Crippen LogP contribution in [0.4, 0.5) is 0 Å². The number of hydrogen-bond donors (Lipinski definition) is 0. The number of benzene rings is 1. The Morgan fingerprint density at radius 3 is 2.71 bits per heavy atom. The highest BCUT2D eigenvalue weighted by molar-refractivity contribution is 5.51. The number of hydrogen-bond acceptors (Lipinski definition) is 3. The molecule has 0 atom stereocenters. The molecule has 0 amide bonds. The highest BCUT2D eigenvalue weighted by Gasteiger charge is 2.27. The summed E-state index contributed by atoms with van der Waals surface area (Å²) in [6.07, 6.45) is 2.04. The Kier molecular flexibility index (Phi) is 3.18. The van der Waals surface area contributed by atoms with Crippen LogP contribution in [0, 0.1) is 0 Å². The van der Waals surface area contributed by atoms with E-state index in [0.717, 1.165) is 30.1 Å². The van der Waals surface area contributed by atoms with Crippen molar-refractivity contribution >= 4 is 0 Å². The van der Waals surface area contributed by atoms with E-state index in [4.69, 9.17) is 14.2 Å². The Balaban J connectivity index is 2.38. The van der Waals surface area contributed by atoms with Gasteiger partial charge in [0, 0.05) is 6.07 Å². The zero-order chi connectivity index (χ0) is 12.5. The lowest BCUT2D eigenvalue weighted by atomic mass is 9.94. The summed E-state index contributed by atoms with van der Waals surface area (Å²) in [7, 11) is 1.66. The first-order valence-electron chi connectivity index (χ1n) is 6.08. The van der Waals surface area contributed by atoms with Crippen LogP contribution in [0.1, 0.15) is 32.8 Å². The van der Waals surface area contributed by atoms with Crippen molar-refractivity contribution in [1.29, 1.82) is 0 Å². The molecule has 17 heavy (non-hydrogen) atoms. The summed E-state index contributed by atoms with van der Waals surface area (Å²) in [6, 6.07) is 3.97. The number of rotatable bonds is 3. The van der Waals surface area contributed by atoms with Crippen molar-refractivity contribution in [2.24, 2.45) is 0 Å². The lowest BCUT2D eigenvalue weighted by Gasteiger charge is -2.33. The third-order valence-corrected chi connectivity index (χ3v) is 3.03. The molecule has 1 aromatic rings. The summed E-state index contributed by atoms with van der Waals surface area (Å²) >= 11 is 0. The SMILES string of the molecule is CCOc1cc2c(cc1OC)CCC(C)(C)O2. The maximum absolute atomic E-state index is 5.97. The number of ether oxygens (including phenoxy) is 3. The summed E-state index contributed by atoms with van der Waals surface area (Å²) in [5.74, 6) is 2.46. The molecule has 0 radical (unpaired) electrons. The first-order chi connectivity index (χ1) is 8.05. The van der Waals surface area contributed by atoms with Gasteiger partial charge in [0.05, 0.1) is 13.7 Å². The molecule has 0 unspecified atom stereocenters. The Bertz CT molecular complexity index is 410. The van der Waals surface area contributed by atoms with E-state index >= 15 is 0 Å². The van der Waals surface area contributed by atoms with E-state index in [1.54, 1.807) is 7.11 Å². The van der Waals surface area contributed by atoms with Crippen LogP contribution in [-0.4, -0.2) is 19.3 Å². The average Bonchev–Trinajstić information content (AvgIpc) is 2.27. The Morgan fingerprint density at radius 1 is 1.29 bits per heavy atom. The molecule has 0 aliphatic carbocycles. The maximum Gasteiger partial charge on any atom is 0.164 e. The smallest absolute Gasteiger partial charge is 0.164 e. The lowest BCUT2D eigenvalue weighted by Crippen LogP contribution is -2.32. The van der Waals surface area contributed by atoms with Crippen molar-refractivity contribution in [2.45, 2.75) is 39.2 Å². The maximum atomic E-state index is 5.97. The summed E-state index contributed by atoms with van der Waals surface area (Å²) in [5.41, 5.74) is 1.11. The second-order valence-electron chi connectivity index (χ2n) is 4.91. The molecule has 0 saturated heterocycles. The molecule has 1 aliphatic rings. The van der Waals surface area contributed by atoms with Crippen LogP contribution < -0.4 is 14.2 Å². The van der Waals surface area contributed by atoms with E-state index < -0.39 is 0 Å². The Hall–Kier alpha value is -1.38. The van der Waals surface area contributed by atoms with Gasteiger partial charge in [-0.05, 0) is 45.2 Å². The first kappa shape index (κ1) is 12.1. The molecule has 3 nitrogen and oxygen atoms in total. The molecular weight excluding hydrogens is 216 g/mol. The molecule has 0 aromatic heterocycles. The van der Waals surface area contributed by atoms with Crippen molar-refractivity contribution in [1.82, 2.24) is 0 Å². The fourth-order valence-corrected chi connectivity index (χ4v) is 2.09. The zero-order valence-corrected chi connectivity index (χ0v) is 11.0. The average molecular weight is 236 g/mol. The van der Waals surface area contributed by atoms with Gasteiger partial charge in [-0.25, -0.2) is 0 Å². The highest BCUT2D eigenvalue weighted by atomic mass is 16.5. The zero-order valence-electron chi connectivity index (χ0n) is 11.0. The standard InChI is InChI=1S/C14H20O3/c1-5-16-13-9-11-10(8-12(13)15-4)6-7-14(2,3)17-11/h8-9H,5-7H2,1-4H3. The van der Waals surface area contributed by atoms with Crippen molar-refractivity contribution in [3.05, 3.63) is 17.7 Å². The summed E-state index contributed by atoms with van der Waals surface area (Å²) in [6.45, 7) is 6.81. The summed E-state index contributed by atoms with van der Waals surface area (Å²) in [4.78, 5) is 0. The minimum Gasteiger partial charge on any atom is -0.493 e. The van der Waals surface area contributed by atoms with E-state index in [2.05, 4.69) is 13.8 Å². The summed E-state index contributed by atoms with van der Waals surface area (Å²) in [5, 5.41) is 0. The minimum atomic E-state index is -0.0922. The second-order valence-corrected chi connectivity index (χ2v) is 4.91. The summed E-state index contributed by atoms with van der Waals surface area (Å²) < 4.78 is 16.9. The van der Waals surface area contributed by atoms with Gasteiger partial charge in [0.25, 0.3) is 0 Å². The monoisotopic (exact) mass is 236 g/mol. The van der Waals surface area contributed by atoms with Crippen molar-refractivity contribution in [3.8, 4) is 17.2 Å². The van der Waals surface area contributed by atoms with Gasteiger partial charge in [-0.3, -0.25) is 0 Å². The Labute approximate surface area is 103 Å².